The SMILES string of the molecule is CS(=O)(=O)[C@H]1CC[C@H](Nc2nccc(-c3sc(C45CC(C4)C5)nc3-c3cccc(NS(=O)(=O)c4c(F)cccc4C(F)(F)F)c3F)n2)CC1. The molecule has 0 saturated heterocycles. The minimum Gasteiger partial charge on any atom is -0.351 e. The maximum Gasteiger partial charge on any atom is 0.417 e. The highest BCUT2D eigenvalue weighted by atomic mass is 32.2. The lowest BCUT2D eigenvalue weighted by Gasteiger charge is -2.60. The van der Waals surface area contributed by atoms with Gasteiger partial charge in [0, 0.05) is 29.5 Å². The third-order valence-corrected chi connectivity index (χ3v) is 14.1. The molecule has 0 spiro atoms. The number of hydrogen-bond acceptors (Lipinski definition) is 9. The van der Waals surface area contributed by atoms with Crippen molar-refractivity contribution in [3.63, 3.8) is 0 Å². The summed E-state index contributed by atoms with van der Waals surface area (Å²) >= 11 is 1.34. The second-order valence-corrected chi connectivity index (χ2v) is 18.0. The summed E-state index contributed by atoms with van der Waals surface area (Å²) in [5.41, 5.74) is -2.08. The van der Waals surface area contributed by atoms with E-state index in [2.05, 4.69) is 15.3 Å². The predicted molar refractivity (Wildman–Crippen MR) is 174 cm³/mol. The van der Waals surface area contributed by atoms with Gasteiger partial charge in [-0.25, -0.2) is 40.6 Å². The molecule has 4 aromatic rings. The summed E-state index contributed by atoms with van der Waals surface area (Å²) in [6, 6.07) is 7.07. The number of thiazole rings is 1. The lowest BCUT2D eigenvalue weighted by atomic mass is 9.45. The Kier molecular flexibility index (Phi) is 8.25. The maximum absolute atomic E-state index is 16.3. The highest BCUT2D eigenvalue weighted by molar-refractivity contribution is 7.92. The number of sulfonamides is 1. The first-order valence-electron chi connectivity index (χ1n) is 15.5. The minimum atomic E-state index is -5.24. The first kappa shape index (κ1) is 33.8. The van der Waals surface area contributed by atoms with Gasteiger partial charge in [0.1, 0.15) is 25.6 Å². The maximum atomic E-state index is 16.3. The van der Waals surface area contributed by atoms with Crippen LogP contribution in [-0.2, 0) is 31.5 Å². The summed E-state index contributed by atoms with van der Waals surface area (Å²) in [5, 5.41) is 3.67. The van der Waals surface area contributed by atoms with Gasteiger partial charge in [-0.2, -0.15) is 13.2 Å². The number of rotatable bonds is 9. The molecule has 260 valence electrons. The average Bonchev–Trinajstić information content (AvgIpc) is 3.40. The number of alkyl halides is 3. The van der Waals surface area contributed by atoms with Crippen molar-refractivity contribution in [2.75, 3.05) is 16.3 Å². The van der Waals surface area contributed by atoms with Crippen LogP contribution in [-0.4, -0.2) is 49.3 Å². The molecule has 49 heavy (non-hydrogen) atoms. The largest absolute Gasteiger partial charge is 0.417 e. The molecule has 2 bridgehead atoms. The van der Waals surface area contributed by atoms with Gasteiger partial charge in [-0.05, 0) is 81.2 Å². The lowest BCUT2D eigenvalue weighted by molar-refractivity contribution is -0.140. The molecule has 4 saturated carbocycles. The highest BCUT2D eigenvalue weighted by Crippen LogP contribution is 2.66. The topological polar surface area (TPSA) is 131 Å². The third kappa shape index (κ3) is 6.29. The molecule has 9 nitrogen and oxygen atoms in total. The van der Waals surface area contributed by atoms with Crippen molar-refractivity contribution in [1.29, 1.82) is 0 Å². The summed E-state index contributed by atoms with van der Waals surface area (Å²) in [4.78, 5) is 12.7. The van der Waals surface area contributed by atoms with Crippen LogP contribution in [0.4, 0.5) is 33.6 Å². The van der Waals surface area contributed by atoms with E-state index in [1.807, 2.05) is 4.72 Å². The molecule has 8 rings (SSSR count). The van der Waals surface area contributed by atoms with Crippen LogP contribution < -0.4 is 10.0 Å². The molecule has 4 aliphatic rings. The molecule has 0 aliphatic heterocycles. The number of anilines is 2. The van der Waals surface area contributed by atoms with Gasteiger partial charge in [0.2, 0.25) is 5.95 Å². The van der Waals surface area contributed by atoms with E-state index in [4.69, 9.17) is 4.98 Å². The Morgan fingerprint density at radius 1 is 0.918 bits per heavy atom. The normalized spacial score (nSPS) is 23.8. The zero-order valence-corrected chi connectivity index (χ0v) is 28.3. The Labute approximate surface area is 283 Å². The number of hydrogen-bond donors (Lipinski definition) is 2. The minimum absolute atomic E-state index is 0.0556. The Bertz CT molecular complexity index is 2150. The standard InChI is InChI=1S/C32H30F5N5O4S3/c1-48(43,44)19-10-8-18(9-11-19)39-30-38-13-12-24(40-30)27-26(41-29(47-27)31-14-17(15-31)16-31)20-4-2-7-23(25(20)34)42-49(45,46)28-21(32(35,36)37)5-3-6-22(28)33/h2-7,12-13,17-19,42H,8-11,14-16H2,1H3,(H,38,39,40)/t17?,18-,19-,31?. The number of aromatic nitrogens is 3. The third-order valence-electron chi connectivity index (χ3n) is 9.66. The van der Waals surface area contributed by atoms with E-state index >= 15 is 4.39 Å². The molecule has 17 heteroatoms. The lowest BCUT2D eigenvalue weighted by Crippen LogP contribution is -2.55. The molecule has 2 aromatic heterocycles. The molecule has 0 atom stereocenters. The fourth-order valence-electron chi connectivity index (χ4n) is 7.01. The Balaban J connectivity index is 1.23. The van der Waals surface area contributed by atoms with Gasteiger partial charge in [0.15, 0.2) is 5.82 Å². The van der Waals surface area contributed by atoms with Gasteiger partial charge < -0.3 is 5.32 Å². The molecule has 2 heterocycles. The fraction of sp³-hybridized carbons (Fsp3) is 0.406. The monoisotopic (exact) mass is 739 g/mol. The number of benzene rings is 2. The first-order chi connectivity index (χ1) is 23.0. The summed E-state index contributed by atoms with van der Waals surface area (Å²) in [5.74, 6) is -1.85. The van der Waals surface area contributed by atoms with E-state index in [0.717, 1.165) is 36.4 Å². The summed E-state index contributed by atoms with van der Waals surface area (Å²) < 4.78 is 124. The van der Waals surface area contributed by atoms with Gasteiger partial charge in [-0.3, -0.25) is 4.72 Å². The fourth-order valence-corrected chi connectivity index (χ4v) is 10.8. The van der Waals surface area contributed by atoms with Crippen molar-refractivity contribution in [2.24, 2.45) is 5.92 Å². The first-order valence-corrected chi connectivity index (χ1v) is 19.8. The second kappa shape index (κ2) is 12.0. The van der Waals surface area contributed by atoms with Crippen molar-refractivity contribution in [3.8, 4) is 21.8 Å². The molecule has 2 N–H and O–H groups in total. The summed E-state index contributed by atoms with van der Waals surface area (Å²) in [6.07, 6.45) is 2.64. The van der Waals surface area contributed by atoms with E-state index in [-0.39, 0.29) is 28.0 Å². The molecular formula is C32H30F5N5O4S3. The molecule has 4 aliphatic carbocycles. The van der Waals surface area contributed by atoms with Gasteiger partial charge in [-0.15, -0.1) is 11.3 Å². The van der Waals surface area contributed by atoms with Crippen LogP contribution in [0.3, 0.4) is 0 Å². The average molecular weight is 740 g/mol. The molecule has 4 fully saturated rings. The Morgan fingerprint density at radius 2 is 1.61 bits per heavy atom. The van der Waals surface area contributed by atoms with Crippen LogP contribution in [0.5, 0.6) is 0 Å². The van der Waals surface area contributed by atoms with Crippen LogP contribution in [0, 0.1) is 17.6 Å². The zero-order valence-electron chi connectivity index (χ0n) is 25.9. The van der Waals surface area contributed by atoms with Crippen molar-refractivity contribution in [1.82, 2.24) is 15.0 Å². The number of halogens is 5. The summed E-state index contributed by atoms with van der Waals surface area (Å²) in [7, 11) is -8.38. The van der Waals surface area contributed by atoms with Crippen LogP contribution in [0.25, 0.3) is 21.8 Å². The van der Waals surface area contributed by atoms with Crippen molar-refractivity contribution < 1.29 is 38.8 Å². The number of sulfone groups is 1. The molecule has 2 aromatic carbocycles. The quantitative estimate of drug-likeness (QED) is 0.173. The van der Waals surface area contributed by atoms with Crippen molar-refractivity contribution in [3.05, 3.63) is 70.9 Å². The zero-order chi connectivity index (χ0) is 34.9. The highest BCUT2D eigenvalue weighted by Gasteiger charge is 2.59. The van der Waals surface area contributed by atoms with Gasteiger partial charge in [0.25, 0.3) is 10.0 Å². The predicted octanol–water partition coefficient (Wildman–Crippen LogP) is 7.18. The Morgan fingerprint density at radius 3 is 2.24 bits per heavy atom. The van der Waals surface area contributed by atoms with E-state index in [1.165, 1.54) is 35.9 Å². The van der Waals surface area contributed by atoms with Gasteiger partial charge in [-0.1, -0.05) is 12.1 Å². The van der Waals surface area contributed by atoms with Crippen LogP contribution in [0.1, 0.15) is 55.5 Å². The van der Waals surface area contributed by atoms with E-state index in [0.29, 0.717) is 60.3 Å². The van der Waals surface area contributed by atoms with E-state index < -0.39 is 53.8 Å². The van der Waals surface area contributed by atoms with Crippen LogP contribution in [0.15, 0.2) is 53.6 Å². The second-order valence-electron chi connectivity index (χ2n) is 13.1. The number of nitrogens with one attached hydrogen (secondary N) is 2. The smallest absolute Gasteiger partial charge is 0.351 e. The molecule has 0 radical (unpaired) electrons. The van der Waals surface area contributed by atoms with Gasteiger partial charge >= 0.3 is 6.18 Å². The Hall–Kier alpha value is -3.70. The molecule has 0 amide bonds. The summed E-state index contributed by atoms with van der Waals surface area (Å²) in [6.45, 7) is 0. The van der Waals surface area contributed by atoms with E-state index in [1.54, 1.807) is 6.07 Å². The van der Waals surface area contributed by atoms with Gasteiger partial charge in [0.05, 0.1) is 32.8 Å². The van der Waals surface area contributed by atoms with Crippen LogP contribution >= 0.6 is 11.3 Å². The molecule has 0 unspecified atom stereocenters. The van der Waals surface area contributed by atoms with Crippen molar-refractivity contribution in [2.45, 2.75) is 72.7 Å². The molecular weight excluding hydrogens is 710 g/mol. The van der Waals surface area contributed by atoms with E-state index in [9.17, 15) is 34.4 Å². The van der Waals surface area contributed by atoms with Crippen LogP contribution in [0.2, 0.25) is 0 Å². The number of nitrogens with zero attached hydrogens (tertiary/aromatic N) is 3. The van der Waals surface area contributed by atoms with Crippen molar-refractivity contribution >= 4 is 42.8 Å².